The van der Waals surface area contributed by atoms with Crippen LogP contribution in [0.5, 0.6) is 0 Å². The van der Waals surface area contributed by atoms with Crippen molar-refractivity contribution < 1.29 is 107 Å². The molecule has 0 aliphatic rings. The number of phosphoric ester groups is 1. The van der Waals surface area contributed by atoms with E-state index in [4.69, 9.17) is 9.47 Å². The van der Waals surface area contributed by atoms with Crippen LogP contribution in [0.25, 0.3) is 0 Å². The Hall–Kier alpha value is -0.750. The van der Waals surface area contributed by atoms with Gasteiger partial charge in [0.05, 0.1) is 14.4 Å². The first-order valence-corrected chi connectivity index (χ1v) is 14.7. The van der Waals surface area contributed by atoms with Gasteiger partial charge in [-0.1, -0.05) is 89.9 Å². The van der Waals surface area contributed by atoms with Gasteiger partial charge in [0, 0.05) is 22.3 Å². The Balaban J connectivity index is -0.000000152. The van der Waals surface area contributed by atoms with Crippen molar-refractivity contribution in [1.82, 2.24) is 6.15 Å². The summed E-state index contributed by atoms with van der Waals surface area (Å²) in [5.41, 5.74) is 0. The number of unbranched alkanes of at least 4 members (excludes halogenated alkanes) is 12. The average molecular weight is 624 g/mol. The fourth-order valence-electron chi connectivity index (χ4n) is 3.30. The quantitative estimate of drug-likeness (QED) is 0.0479. The van der Waals surface area contributed by atoms with E-state index < -0.39 is 39.1 Å². The van der Waals surface area contributed by atoms with E-state index >= 15 is 0 Å². The topological polar surface area (TPSA) is 160 Å². The molecule has 41 heavy (non-hydrogen) atoms. The van der Waals surface area contributed by atoms with Crippen LogP contribution in [0, 0.1) is 47.4 Å². The molecule has 0 spiro atoms. The van der Waals surface area contributed by atoms with E-state index in [1.54, 1.807) is 6.92 Å². The zero-order valence-corrected chi connectivity index (χ0v) is 30.2. The average Bonchev–Trinajstić information content (AvgIpc) is 2.87. The molecule has 0 rings (SSSR count). The van der Waals surface area contributed by atoms with Gasteiger partial charge in [-0.3, -0.25) is 4.79 Å². The number of carbonyl (C=O) groups excluding carboxylic acids is 2. The van der Waals surface area contributed by atoms with Crippen molar-refractivity contribution in [2.24, 2.45) is 0 Å². The van der Waals surface area contributed by atoms with Crippen molar-refractivity contribution in [1.29, 1.82) is 0 Å². The molecule has 0 aliphatic carbocycles. The van der Waals surface area contributed by atoms with Crippen molar-refractivity contribution in [2.75, 3.05) is 13.2 Å². The maximum absolute atomic E-state index is 12.1. The smallest absolute Gasteiger partial charge is 0.790 e. The molecule has 0 aromatic heterocycles. The molecule has 0 aliphatic heterocycles. The van der Waals surface area contributed by atoms with Crippen LogP contribution < -0.4 is 75.1 Å². The van der Waals surface area contributed by atoms with Crippen LogP contribution in [0.3, 0.4) is 0 Å². The monoisotopic (exact) mass is 623 g/mol. The molecule has 0 saturated heterocycles. The van der Waals surface area contributed by atoms with Crippen molar-refractivity contribution in [3.63, 3.8) is 0 Å². The first kappa shape index (κ1) is 47.2. The predicted molar refractivity (Wildman–Crippen MR) is 161 cm³/mol. The van der Waals surface area contributed by atoms with Gasteiger partial charge in [0.25, 0.3) is 0 Å². The molecule has 0 heterocycles. The van der Waals surface area contributed by atoms with Crippen molar-refractivity contribution in [3.8, 4) is 47.4 Å². The van der Waals surface area contributed by atoms with E-state index in [1.165, 1.54) is 57.8 Å². The maximum atomic E-state index is 12.1. The molecular formula is C29H56NNa2O8P. The van der Waals surface area contributed by atoms with Gasteiger partial charge in [-0.15, -0.1) is 0 Å². The molecule has 0 aromatic rings. The molecule has 1 atom stereocenters. The number of phosphoric acid groups is 1. The Morgan fingerprint density at radius 1 is 0.756 bits per heavy atom. The molecule has 0 bridgehead atoms. The molecule has 0 fully saturated rings. The standard InChI is InChI=1S/C29H41O8P.H3N.2Na.7H2/c1-3-5-7-9-11-12-13-14-15-16-18-20-22-24-29(31)37-27(26-36-38(32,33)34)25-35-28(30)23-21-19-17-10-8-6-4-2;;;;;;;;;;/h27H,3,5,7,9,11-16,18,20,22,24-26H2,1-2H3,(H2,32,33,34);1H3;;;7*1H/q;;2*+1;;;;;;;/p-2/t27-;;;;;;;;;;/m1........../s1. The van der Waals surface area contributed by atoms with E-state index in [0.29, 0.717) is 6.42 Å². The minimum absolute atomic E-state index is 0. The van der Waals surface area contributed by atoms with Crippen LogP contribution in [0.15, 0.2) is 0 Å². The van der Waals surface area contributed by atoms with E-state index in [2.05, 4.69) is 58.8 Å². The number of hydrogen-bond acceptors (Lipinski definition) is 9. The fraction of sp³-hybridized carbons (Fsp3) is 0.655. The minimum Gasteiger partial charge on any atom is -0.790 e. The molecule has 0 saturated carbocycles. The Morgan fingerprint density at radius 2 is 1.22 bits per heavy atom. The van der Waals surface area contributed by atoms with Crippen LogP contribution in [-0.2, 0) is 28.2 Å². The second-order valence-corrected chi connectivity index (χ2v) is 9.72. The van der Waals surface area contributed by atoms with Crippen molar-refractivity contribution >= 4 is 19.8 Å². The van der Waals surface area contributed by atoms with Gasteiger partial charge in [0.15, 0.2) is 6.10 Å². The first-order valence-electron chi connectivity index (χ1n) is 13.2. The Bertz CT molecular complexity index is 1020. The van der Waals surface area contributed by atoms with E-state index in [0.717, 1.165) is 19.3 Å². The van der Waals surface area contributed by atoms with E-state index in [9.17, 15) is 23.9 Å². The summed E-state index contributed by atoms with van der Waals surface area (Å²) in [7, 11) is -5.30. The molecule has 0 amide bonds. The zero-order valence-electron chi connectivity index (χ0n) is 25.3. The second-order valence-electron chi connectivity index (χ2n) is 8.57. The predicted octanol–water partition coefficient (Wildman–Crippen LogP) is -0.306. The number of ether oxygens (including phenoxy) is 2. The number of esters is 2. The van der Waals surface area contributed by atoms with Gasteiger partial charge in [0.2, 0.25) is 0 Å². The SMILES string of the molecule is CC#CC#CC#CC#CC(=O)OC[C@H](COP(=O)([O-])[O-])OC(=O)CCCCCCCCCCCCCCC.N.[HH].[HH].[HH].[HH].[HH].[HH].[HH].[Na+].[Na+]. The Kier molecular flexibility index (Phi) is 38.8. The zero-order chi connectivity index (χ0) is 28.3. The number of hydrogen-bond donors (Lipinski definition) is 1. The summed E-state index contributed by atoms with van der Waals surface area (Å²) in [6.07, 6.45) is 14.1. The summed E-state index contributed by atoms with van der Waals surface area (Å²) in [6.45, 7) is 2.56. The van der Waals surface area contributed by atoms with E-state index in [1.807, 2.05) is 0 Å². The van der Waals surface area contributed by atoms with Crippen LogP contribution >= 0.6 is 7.82 Å². The van der Waals surface area contributed by atoms with Gasteiger partial charge in [-0.2, -0.15) is 0 Å². The molecule has 0 aromatic carbocycles. The Labute approximate surface area is 301 Å². The summed E-state index contributed by atoms with van der Waals surface area (Å²) in [5, 5.41) is 0. The van der Waals surface area contributed by atoms with Crippen LogP contribution in [-0.4, -0.2) is 31.3 Å². The maximum Gasteiger partial charge on any atom is 1.00 e. The molecule has 9 nitrogen and oxygen atoms in total. The third kappa shape index (κ3) is 37.2. The van der Waals surface area contributed by atoms with E-state index in [-0.39, 0.29) is 81.7 Å². The number of carbonyl (C=O) groups is 2. The molecule has 232 valence electrons. The largest absolute Gasteiger partial charge is 1.00 e. The third-order valence-electron chi connectivity index (χ3n) is 5.20. The van der Waals surface area contributed by atoms with Gasteiger partial charge >= 0.3 is 71.1 Å². The number of rotatable bonds is 20. The summed E-state index contributed by atoms with van der Waals surface area (Å²) in [5.74, 6) is 17.3. The summed E-state index contributed by atoms with van der Waals surface area (Å²) in [6, 6.07) is 0. The molecule has 0 radical (unpaired) electrons. The summed E-state index contributed by atoms with van der Waals surface area (Å²) in [4.78, 5) is 45.4. The van der Waals surface area contributed by atoms with Crippen molar-refractivity contribution in [3.05, 3.63) is 0 Å². The third-order valence-corrected chi connectivity index (χ3v) is 5.67. The normalized spacial score (nSPS) is 9.95. The molecular weight excluding hydrogens is 567 g/mol. The van der Waals surface area contributed by atoms with Crippen LogP contribution in [0.4, 0.5) is 0 Å². The second kappa shape index (κ2) is 33.7. The van der Waals surface area contributed by atoms with Gasteiger partial charge in [-0.05, 0) is 48.9 Å². The molecule has 3 N–H and O–H groups in total. The summed E-state index contributed by atoms with van der Waals surface area (Å²) < 4.78 is 24.9. The van der Waals surface area contributed by atoms with Crippen LogP contribution in [0.1, 0.15) is 114 Å². The van der Waals surface area contributed by atoms with Crippen molar-refractivity contribution in [2.45, 2.75) is 110 Å². The van der Waals surface area contributed by atoms with Crippen LogP contribution in [0.2, 0.25) is 0 Å². The van der Waals surface area contributed by atoms with Gasteiger partial charge < -0.3 is 34.5 Å². The summed E-state index contributed by atoms with van der Waals surface area (Å²) >= 11 is 0. The van der Waals surface area contributed by atoms with Gasteiger partial charge in [-0.25, -0.2) is 4.79 Å². The first-order chi connectivity index (χ1) is 18.3. The molecule has 12 heteroatoms. The van der Waals surface area contributed by atoms with Gasteiger partial charge in [0.1, 0.15) is 6.61 Å². The fourth-order valence-corrected chi connectivity index (χ4v) is 3.65. The minimum atomic E-state index is -5.30. The molecule has 0 unspecified atom stereocenters. The Morgan fingerprint density at radius 3 is 1.71 bits per heavy atom.